The molecule has 0 saturated heterocycles. The van der Waals surface area contributed by atoms with Crippen LogP contribution in [0.2, 0.25) is 0 Å². The van der Waals surface area contributed by atoms with Crippen molar-refractivity contribution in [3.8, 4) is 11.5 Å². The van der Waals surface area contributed by atoms with Gasteiger partial charge in [0.25, 0.3) is 5.91 Å². The Balaban J connectivity index is 1.53. The van der Waals surface area contributed by atoms with Crippen LogP contribution < -0.4 is 25.6 Å². The number of hydrogen-bond acceptors (Lipinski definition) is 5. The van der Waals surface area contributed by atoms with Crippen LogP contribution in [0.5, 0.6) is 11.5 Å². The molecule has 3 N–H and O–H groups in total. The van der Waals surface area contributed by atoms with Gasteiger partial charge in [0.05, 0.1) is 7.11 Å². The van der Waals surface area contributed by atoms with Gasteiger partial charge in [0.15, 0.2) is 18.1 Å². The Morgan fingerprint density at radius 3 is 2.59 bits per heavy atom. The van der Waals surface area contributed by atoms with Crippen molar-refractivity contribution in [1.82, 2.24) is 10.7 Å². The number of anilines is 1. The van der Waals surface area contributed by atoms with E-state index in [1.54, 1.807) is 7.11 Å². The Morgan fingerprint density at radius 2 is 1.86 bits per heavy atom. The molecular weight excluding hydrogens is 434 g/mol. The summed E-state index contributed by atoms with van der Waals surface area (Å²) in [5, 5.41) is 3.06. The molecule has 0 unspecified atom stereocenters. The lowest BCUT2D eigenvalue weighted by atomic mass is 9.95. The summed E-state index contributed by atoms with van der Waals surface area (Å²) in [6.07, 6.45) is 5.73. The normalized spacial score (nSPS) is 14.3. The van der Waals surface area contributed by atoms with Crippen molar-refractivity contribution in [2.45, 2.75) is 44.7 Å². The van der Waals surface area contributed by atoms with Crippen molar-refractivity contribution in [2.75, 3.05) is 19.1 Å². The van der Waals surface area contributed by atoms with Crippen LogP contribution in [0.3, 0.4) is 0 Å². The van der Waals surface area contributed by atoms with E-state index in [2.05, 4.69) is 32.1 Å². The zero-order chi connectivity index (χ0) is 20.5. The van der Waals surface area contributed by atoms with Gasteiger partial charge in [0, 0.05) is 22.7 Å². The van der Waals surface area contributed by atoms with Gasteiger partial charge >= 0.3 is 0 Å². The number of benzene rings is 2. The molecule has 1 aliphatic carbocycles. The lowest BCUT2D eigenvalue weighted by Gasteiger charge is -2.23. The molecule has 1 amide bonds. The highest BCUT2D eigenvalue weighted by Crippen LogP contribution is 2.33. The van der Waals surface area contributed by atoms with E-state index in [-0.39, 0.29) is 18.6 Å². The van der Waals surface area contributed by atoms with E-state index < -0.39 is 0 Å². The zero-order valence-corrected chi connectivity index (χ0v) is 18.3. The first-order valence-corrected chi connectivity index (χ1v) is 10.8. The first kappa shape index (κ1) is 21.5. The number of para-hydroxylation sites is 1. The van der Waals surface area contributed by atoms with Gasteiger partial charge in [-0.25, -0.2) is 5.43 Å². The Kier molecular flexibility index (Phi) is 8.19. The molecule has 0 radical (unpaired) electrons. The third kappa shape index (κ3) is 6.65. The van der Waals surface area contributed by atoms with Gasteiger partial charge in [0.2, 0.25) is 0 Å². The van der Waals surface area contributed by atoms with Crippen LogP contribution in [0.4, 0.5) is 5.69 Å². The molecule has 2 aromatic rings. The summed E-state index contributed by atoms with van der Waals surface area (Å²) >= 11 is 3.58. The van der Waals surface area contributed by atoms with E-state index >= 15 is 0 Å². The molecule has 1 fully saturated rings. The van der Waals surface area contributed by atoms with Crippen LogP contribution in [-0.2, 0) is 11.3 Å². The molecule has 0 heterocycles. The lowest BCUT2D eigenvalue weighted by Crippen LogP contribution is -2.39. The Labute approximate surface area is 180 Å². The predicted octanol–water partition coefficient (Wildman–Crippen LogP) is 4.40. The minimum absolute atomic E-state index is 0.0214. The predicted molar refractivity (Wildman–Crippen MR) is 118 cm³/mol. The summed E-state index contributed by atoms with van der Waals surface area (Å²) in [7, 11) is 1.59. The van der Waals surface area contributed by atoms with E-state index in [1.165, 1.54) is 19.3 Å². The third-order valence-electron chi connectivity index (χ3n) is 4.95. The summed E-state index contributed by atoms with van der Waals surface area (Å²) in [4.78, 5) is 12.2. The summed E-state index contributed by atoms with van der Waals surface area (Å²) in [6.45, 7) is 0.556. The van der Waals surface area contributed by atoms with Crippen molar-refractivity contribution in [1.29, 1.82) is 0 Å². The molecule has 29 heavy (non-hydrogen) atoms. The fourth-order valence-corrected chi connectivity index (χ4v) is 3.87. The molecule has 2 aromatic carbocycles. The molecular formula is C22H28BrN3O3. The molecule has 7 heteroatoms. The van der Waals surface area contributed by atoms with E-state index in [0.29, 0.717) is 18.0 Å². The second-order valence-corrected chi connectivity index (χ2v) is 7.98. The van der Waals surface area contributed by atoms with E-state index in [1.807, 2.05) is 42.5 Å². The van der Waals surface area contributed by atoms with Crippen LogP contribution in [0.15, 0.2) is 46.9 Å². The van der Waals surface area contributed by atoms with Crippen molar-refractivity contribution < 1.29 is 14.3 Å². The lowest BCUT2D eigenvalue weighted by molar-refractivity contribution is -0.124. The summed E-state index contributed by atoms with van der Waals surface area (Å²) in [6, 6.07) is 13.9. The second-order valence-electron chi connectivity index (χ2n) is 7.13. The highest BCUT2D eigenvalue weighted by Gasteiger charge is 2.17. The van der Waals surface area contributed by atoms with Crippen molar-refractivity contribution in [3.63, 3.8) is 0 Å². The number of amides is 1. The first-order valence-electron chi connectivity index (χ1n) is 9.98. The first-order chi connectivity index (χ1) is 14.2. The number of hydrogen-bond donors (Lipinski definition) is 3. The maximum atomic E-state index is 12.2. The quantitative estimate of drug-likeness (QED) is 0.482. The van der Waals surface area contributed by atoms with E-state index in [4.69, 9.17) is 9.47 Å². The Bertz CT molecular complexity index is 795. The largest absolute Gasteiger partial charge is 0.493 e. The van der Waals surface area contributed by atoms with Crippen molar-refractivity contribution in [3.05, 3.63) is 52.5 Å². The fraction of sp³-hybridized carbons (Fsp3) is 0.409. The zero-order valence-electron chi connectivity index (χ0n) is 16.7. The molecule has 0 atom stereocenters. The average molecular weight is 462 g/mol. The molecule has 1 saturated carbocycles. The van der Waals surface area contributed by atoms with Crippen LogP contribution >= 0.6 is 15.9 Å². The molecule has 6 nitrogen and oxygen atoms in total. The van der Waals surface area contributed by atoms with Crippen LogP contribution in [0.25, 0.3) is 0 Å². The number of nitrogens with one attached hydrogen (secondary N) is 3. The van der Waals surface area contributed by atoms with Gasteiger partial charge in [-0.05, 0) is 42.7 Å². The second kappa shape index (κ2) is 11.1. The van der Waals surface area contributed by atoms with Gasteiger partial charge in [-0.2, -0.15) is 0 Å². The van der Waals surface area contributed by atoms with Crippen molar-refractivity contribution in [2.24, 2.45) is 0 Å². The van der Waals surface area contributed by atoms with Gasteiger partial charge in [0.1, 0.15) is 0 Å². The average Bonchev–Trinajstić information content (AvgIpc) is 2.75. The number of halogens is 1. The molecule has 0 bridgehead atoms. The Hall–Kier alpha value is -2.25. The number of carbonyl (C=O) groups is 1. The van der Waals surface area contributed by atoms with Gasteiger partial charge in [-0.15, -0.1) is 0 Å². The van der Waals surface area contributed by atoms with Gasteiger partial charge in [-0.1, -0.05) is 53.4 Å². The minimum Gasteiger partial charge on any atom is -0.493 e. The molecule has 3 rings (SSSR count). The third-order valence-corrected chi connectivity index (χ3v) is 5.69. The monoisotopic (exact) mass is 461 g/mol. The fourth-order valence-electron chi connectivity index (χ4n) is 3.41. The van der Waals surface area contributed by atoms with Crippen molar-refractivity contribution >= 4 is 27.5 Å². The van der Waals surface area contributed by atoms with Crippen LogP contribution in [0.1, 0.15) is 37.7 Å². The maximum absolute atomic E-state index is 12.2. The van der Waals surface area contributed by atoms with Gasteiger partial charge in [-0.3, -0.25) is 4.79 Å². The van der Waals surface area contributed by atoms with Gasteiger partial charge < -0.3 is 20.2 Å². The Morgan fingerprint density at radius 1 is 1.10 bits per heavy atom. The summed E-state index contributed by atoms with van der Waals surface area (Å²) < 4.78 is 12.1. The number of carbonyl (C=O) groups excluding carboxylic acids is 1. The molecule has 0 spiro atoms. The van der Waals surface area contributed by atoms with E-state index in [0.717, 1.165) is 28.6 Å². The number of hydrazine groups is 1. The molecule has 0 aromatic heterocycles. The summed E-state index contributed by atoms with van der Waals surface area (Å²) in [5.41, 5.74) is 8.33. The van der Waals surface area contributed by atoms with Crippen LogP contribution in [-0.4, -0.2) is 25.7 Å². The molecule has 156 valence electrons. The number of ether oxygens (including phenoxy) is 2. The highest BCUT2D eigenvalue weighted by atomic mass is 79.9. The van der Waals surface area contributed by atoms with Crippen LogP contribution in [0, 0.1) is 0 Å². The molecule has 0 aliphatic heterocycles. The minimum atomic E-state index is -0.0899. The maximum Gasteiger partial charge on any atom is 0.258 e. The van der Waals surface area contributed by atoms with E-state index in [9.17, 15) is 4.79 Å². The highest BCUT2D eigenvalue weighted by molar-refractivity contribution is 9.10. The standard InChI is InChI=1S/C22H28BrN3O3/c1-28-20-12-16(14-24-26-18-10-6-3-7-11-18)19(23)13-21(20)29-15-22(27)25-17-8-4-2-5-9-17/h3,6-7,10-13,17,24,26H,2,4-5,8-9,14-15H2,1H3,(H,25,27). The SMILES string of the molecule is COc1cc(CNNc2ccccc2)c(Br)cc1OCC(=O)NC1CCCCC1. The number of methoxy groups -OCH3 is 1. The smallest absolute Gasteiger partial charge is 0.258 e. The summed E-state index contributed by atoms with van der Waals surface area (Å²) in [5.74, 6) is 1.04. The molecule has 1 aliphatic rings. The topological polar surface area (TPSA) is 71.6 Å². The number of rotatable bonds is 9.